The Balaban J connectivity index is 1.87. The van der Waals surface area contributed by atoms with Gasteiger partial charge in [0.05, 0.1) is 36.8 Å². The Morgan fingerprint density at radius 1 is 1.06 bits per heavy atom. The zero-order chi connectivity index (χ0) is 23.8. The number of thioether (sulfide) groups is 1. The molecule has 0 fully saturated rings. The van der Waals surface area contributed by atoms with Gasteiger partial charge in [-0.25, -0.2) is 4.79 Å². The summed E-state index contributed by atoms with van der Waals surface area (Å²) >= 11 is 1.43. The maximum atomic E-state index is 13.4. The third-order valence-electron chi connectivity index (χ3n) is 5.20. The summed E-state index contributed by atoms with van der Waals surface area (Å²) in [4.78, 5) is 40.4. The molecule has 7 nitrogen and oxygen atoms in total. The second-order valence-corrected chi connectivity index (χ2v) is 8.80. The molecule has 0 saturated carbocycles. The predicted molar refractivity (Wildman–Crippen MR) is 127 cm³/mol. The fraction of sp³-hybridized carbons (Fsp3) is 0.400. The number of carbonyl (C=O) groups is 3. The summed E-state index contributed by atoms with van der Waals surface area (Å²) < 4.78 is 15.6. The van der Waals surface area contributed by atoms with E-state index in [1.54, 1.807) is 26.2 Å². The number of carbonyl (C=O) groups excluding carboxylic acids is 3. The van der Waals surface area contributed by atoms with Gasteiger partial charge in [0.15, 0.2) is 0 Å². The minimum atomic E-state index is -0.497. The van der Waals surface area contributed by atoms with Crippen LogP contribution in [-0.4, -0.2) is 50.0 Å². The average Bonchev–Trinajstić information content (AvgIpc) is 2.82. The summed E-state index contributed by atoms with van der Waals surface area (Å²) in [5.74, 6) is -0.398. The molecule has 0 saturated heterocycles. The molecule has 33 heavy (non-hydrogen) atoms. The molecule has 1 aliphatic rings. The van der Waals surface area contributed by atoms with Crippen molar-refractivity contribution in [2.24, 2.45) is 0 Å². The van der Waals surface area contributed by atoms with Crippen molar-refractivity contribution in [2.75, 3.05) is 31.8 Å². The quantitative estimate of drug-likeness (QED) is 0.378. The van der Waals surface area contributed by atoms with Crippen molar-refractivity contribution >= 4 is 35.3 Å². The predicted octanol–water partition coefficient (Wildman–Crippen LogP) is 4.27. The molecule has 3 rings (SSSR count). The first-order valence-electron chi connectivity index (χ1n) is 11.0. The molecule has 0 bridgehead atoms. The lowest BCUT2D eigenvalue weighted by molar-refractivity contribution is -0.142. The van der Waals surface area contributed by atoms with E-state index in [2.05, 4.69) is 0 Å². The summed E-state index contributed by atoms with van der Waals surface area (Å²) in [6.07, 6.45) is 2.20. The molecule has 1 heterocycles. The number of ether oxygens (including phenoxy) is 3. The Hall–Kier alpha value is -3.00. The van der Waals surface area contributed by atoms with Crippen LogP contribution in [0.15, 0.2) is 47.4 Å². The number of hydrogen-bond acceptors (Lipinski definition) is 7. The number of unbranched alkanes of at least 4 members (excludes halogenated alkanes) is 1. The summed E-state index contributed by atoms with van der Waals surface area (Å²) in [5.41, 5.74) is 1.85. The van der Waals surface area contributed by atoms with Gasteiger partial charge in [0.2, 0.25) is 5.91 Å². The maximum absolute atomic E-state index is 13.4. The molecule has 0 aliphatic carbocycles. The molecule has 0 aromatic heterocycles. The second kappa shape index (κ2) is 11.7. The Morgan fingerprint density at radius 3 is 2.48 bits per heavy atom. The minimum absolute atomic E-state index is 0.201. The Morgan fingerprint density at radius 2 is 1.82 bits per heavy atom. The molecule has 0 radical (unpaired) electrons. The Kier molecular flexibility index (Phi) is 8.77. The molecular formula is C25H29NO6S. The van der Waals surface area contributed by atoms with Gasteiger partial charge in [-0.3, -0.25) is 14.5 Å². The van der Waals surface area contributed by atoms with Crippen LogP contribution in [0.25, 0.3) is 0 Å². The van der Waals surface area contributed by atoms with E-state index in [1.807, 2.05) is 37.3 Å². The number of hydrogen-bond donors (Lipinski definition) is 0. The highest BCUT2D eigenvalue weighted by molar-refractivity contribution is 8.01. The van der Waals surface area contributed by atoms with Gasteiger partial charge < -0.3 is 14.2 Å². The van der Waals surface area contributed by atoms with Crippen molar-refractivity contribution in [1.82, 2.24) is 0 Å². The molecule has 0 N–H and O–H groups in total. The Bertz CT molecular complexity index is 991. The number of anilines is 1. The molecule has 0 spiro atoms. The van der Waals surface area contributed by atoms with E-state index < -0.39 is 17.2 Å². The highest BCUT2D eigenvalue weighted by atomic mass is 32.2. The Labute approximate surface area is 198 Å². The standard InChI is InChI=1S/C25H29NO6S/c1-4-6-13-32-25(29)18-9-12-21-20(15-18)26(16-23(27)31-5-2)24(28)22(33-21)14-17-7-10-19(30-3)11-8-17/h7-12,15,22H,4-6,13-14,16H2,1-3H3. The summed E-state index contributed by atoms with van der Waals surface area (Å²) in [5, 5.41) is -0.414. The molecule has 1 amide bonds. The molecule has 176 valence electrons. The lowest BCUT2D eigenvalue weighted by Gasteiger charge is -2.33. The van der Waals surface area contributed by atoms with Gasteiger partial charge in [-0.15, -0.1) is 11.8 Å². The molecular weight excluding hydrogens is 442 g/mol. The van der Waals surface area contributed by atoms with Gasteiger partial charge in [0.1, 0.15) is 12.3 Å². The van der Waals surface area contributed by atoms with Gasteiger partial charge in [0.25, 0.3) is 0 Å². The number of esters is 2. The van der Waals surface area contributed by atoms with Crippen LogP contribution in [0.4, 0.5) is 5.69 Å². The first-order chi connectivity index (χ1) is 16.0. The summed E-state index contributed by atoms with van der Waals surface area (Å²) in [6.45, 7) is 4.09. The lowest BCUT2D eigenvalue weighted by atomic mass is 10.1. The SMILES string of the molecule is CCCCOC(=O)c1ccc2c(c1)N(CC(=O)OCC)C(=O)C(Cc1ccc(OC)cc1)S2. The third-order valence-corrected chi connectivity index (χ3v) is 6.45. The molecule has 1 atom stereocenters. The highest BCUT2D eigenvalue weighted by Gasteiger charge is 2.35. The summed E-state index contributed by atoms with van der Waals surface area (Å²) in [6, 6.07) is 12.7. The number of rotatable bonds is 10. The van der Waals surface area contributed by atoms with Crippen LogP contribution in [0.3, 0.4) is 0 Å². The second-order valence-electron chi connectivity index (χ2n) is 7.56. The van der Waals surface area contributed by atoms with Gasteiger partial charge in [-0.05, 0) is 55.7 Å². The number of benzene rings is 2. The van der Waals surface area contributed by atoms with Gasteiger partial charge in [-0.2, -0.15) is 0 Å². The zero-order valence-corrected chi connectivity index (χ0v) is 20.0. The monoisotopic (exact) mass is 471 g/mol. The van der Waals surface area contributed by atoms with Crippen molar-refractivity contribution in [1.29, 1.82) is 0 Å². The van der Waals surface area contributed by atoms with Crippen LogP contribution < -0.4 is 9.64 Å². The van der Waals surface area contributed by atoms with E-state index in [-0.39, 0.29) is 19.1 Å². The average molecular weight is 472 g/mol. The van der Waals surface area contributed by atoms with Crippen LogP contribution in [0.5, 0.6) is 5.75 Å². The smallest absolute Gasteiger partial charge is 0.338 e. The van der Waals surface area contributed by atoms with Crippen LogP contribution >= 0.6 is 11.8 Å². The first-order valence-corrected chi connectivity index (χ1v) is 11.9. The van der Waals surface area contributed by atoms with E-state index >= 15 is 0 Å². The number of nitrogens with zero attached hydrogens (tertiary/aromatic N) is 1. The zero-order valence-electron chi connectivity index (χ0n) is 19.2. The van der Waals surface area contributed by atoms with Crippen molar-refractivity contribution in [2.45, 2.75) is 43.3 Å². The first kappa shape index (κ1) is 24.6. The molecule has 2 aromatic carbocycles. The van der Waals surface area contributed by atoms with Gasteiger partial charge in [-0.1, -0.05) is 25.5 Å². The fourth-order valence-corrected chi connectivity index (χ4v) is 4.69. The van der Waals surface area contributed by atoms with Gasteiger partial charge >= 0.3 is 11.9 Å². The maximum Gasteiger partial charge on any atom is 0.338 e. The van der Waals surface area contributed by atoms with E-state index in [1.165, 1.54) is 16.7 Å². The van der Waals surface area contributed by atoms with Crippen LogP contribution in [0, 0.1) is 0 Å². The van der Waals surface area contributed by atoms with E-state index in [0.717, 1.165) is 29.1 Å². The van der Waals surface area contributed by atoms with E-state index in [4.69, 9.17) is 14.2 Å². The van der Waals surface area contributed by atoms with Crippen LogP contribution in [0.1, 0.15) is 42.6 Å². The van der Waals surface area contributed by atoms with Crippen LogP contribution in [0.2, 0.25) is 0 Å². The minimum Gasteiger partial charge on any atom is -0.497 e. The fourth-order valence-electron chi connectivity index (χ4n) is 3.45. The van der Waals surface area contributed by atoms with Crippen molar-refractivity contribution < 1.29 is 28.6 Å². The molecule has 8 heteroatoms. The lowest BCUT2D eigenvalue weighted by Crippen LogP contribution is -2.45. The normalized spacial score (nSPS) is 15.1. The topological polar surface area (TPSA) is 82.1 Å². The van der Waals surface area contributed by atoms with Gasteiger partial charge in [0, 0.05) is 4.90 Å². The molecule has 1 aliphatic heterocycles. The molecule has 1 unspecified atom stereocenters. The van der Waals surface area contributed by atoms with Crippen molar-refractivity contribution in [3.8, 4) is 5.75 Å². The number of fused-ring (bicyclic) bond motifs is 1. The highest BCUT2D eigenvalue weighted by Crippen LogP contribution is 2.41. The van der Waals surface area contributed by atoms with Crippen LogP contribution in [-0.2, 0) is 25.5 Å². The summed E-state index contributed by atoms with van der Waals surface area (Å²) in [7, 11) is 1.60. The number of methoxy groups -OCH3 is 1. The third kappa shape index (κ3) is 6.28. The van der Waals surface area contributed by atoms with E-state index in [9.17, 15) is 14.4 Å². The molecule has 2 aromatic rings. The van der Waals surface area contributed by atoms with Crippen molar-refractivity contribution in [3.05, 3.63) is 53.6 Å². The van der Waals surface area contributed by atoms with Crippen molar-refractivity contribution in [3.63, 3.8) is 0 Å². The number of amides is 1. The van der Waals surface area contributed by atoms with E-state index in [0.29, 0.717) is 24.3 Å². The largest absolute Gasteiger partial charge is 0.497 e.